The van der Waals surface area contributed by atoms with E-state index in [0.29, 0.717) is 18.0 Å². The zero-order chi connectivity index (χ0) is 15.0. The van der Waals surface area contributed by atoms with Crippen LogP contribution in [0.25, 0.3) is 0 Å². The van der Waals surface area contributed by atoms with Crippen LogP contribution in [-0.4, -0.2) is 26.8 Å². The molecule has 0 saturated carbocycles. The molecule has 0 aliphatic carbocycles. The van der Waals surface area contributed by atoms with Crippen molar-refractivity contribution in [1.29, 1.82) is 0 Å². The van der Waals surface area contributed by atoms with Gasteiger partial charge in [-0.1, -0.05) is 48.8 Å². The van der Waals surface area contributed by atoms with Gasteiger partial charge < -0.3 is 10.5 Å². The Morgan fingerprint density at radius 1 is 1.45 bits per heavy atom. The molecule has 1 heterocycles. The molecule has 1 rings (SSSR count). The van der Waals surface area contributed by atoms with E-state index in [0.717, 1.165) is 23.7 Å². The van der Waals surface area contributed by atoms with Crippen molar-refractivity contribution < 1.29 is 9.53 Å². The van der Waals surface area contributed by atoms with E-state index >= 15 is 0 Å². The van der Waals surface area contributed by atoms with Gasteiger partial charge in [0.15, 0.2) is 0 Å². The number of unbranched alkanes of at least 4 members (excludes halogenated alkanes) is 2. The Labute approximate surface area is 134 Å². The molecule has 0 spiro atoms. The Bertz CT molecular complexity index is 421. The van der Waals surface area contributed by atoms with Crippen LogP contribution in [0.4, 0.5) is 5.82 Å². The number of hydrogen-bond acceptors (Lipinski definition) is 4. The molecule has 114 valence electrons. The van der Waals surface area contributed by atoms with Crippen LogP contribution in [-0.2, 0) is 4.74 Å². The van der Waals surface area contributed by atoms with E-state index in [1.165, 1.54) is 19.0 Å². The number of anilines is 1. The largest absolute Gasteiger partial charge is 0.462 e. The first kappa shape index (κ1) is 17.3. The van der Waals surface area contributed by atoms with Gasteiger partial charge >= 0.3 is 5.97 Å². The van der Waals surface area contributed by atoms with Crippen LogP contribution in [0.1, 0.15) is 62.4 Å². The van der Waals surface area contributed by atoms with Gasteiger partial charge in [0, 0.05) is 4.43 Å². The van der Waals surface area contributed by atoms with Crippen molar-refractivity contribution in [3.05, 3.63) is 11.8 Å². The SMILES string of the molecule is CCCCCC(CCI)n1ncc(C(=O)OCC)c1N. The third-order valence-electron chi connectivity index (χ3n) is 3.26. The molecule has 1 aromatic rings. The van der Waals surface area contributed by atoms with Gasteiger partial charge in [0.2, 0.25) is 0 Å². The maximum absolute atomic E-state index is 11.8. The summed E-state index contributed by atoms with van der Waals surface area (Å²) in [6.07, 6.45) is 7.14. The standard InChI is InChI=1S/C14H24IN3O2/c1-3-5-6-7-11(8-9-15)18-13(16)12(10-17-18)14(19)20-4-2/h10-11H,3-9,16H2,1-2H3. The second-order valence-corrected chi connectivity index (χ2v) is 5.81. The summed E-state index contributed by atoms with van der Waals surface area (Å²) < 4.78 is 7.82. The van der Waals surface area contributed by atoms with Gasteiger partial charge in [0.05, 0.1) is 18.8 Å². The lowest BCUT2D eigenvalue weighted by atomic mass is 10.1. The minimum atomic E-state index is -0.391. The van der Waals surface area contributed by atoms with Gasteiger partial charge in [-0.05, 0) is 19.8 Å². The fraction of sp³-hybridized carbons (Fsp3) is 0.714. The topological polar surface area (TPSA) is 70.1 Å². The lowest BCUT2D eigenvalue weighted by Crippen LogP contribution is -2.15. The summed E-state index contributed by atoms with van der Waals surface area (Å²) in [4.78, 5) is 11.8. The number of alkyl halides is 1. The lowest BCUT2D eigenvalue weighted by Gasteiger charge is -2.18. The zero-order valence-electron chi connectivity index (χ0n) is 12.3. The average molecular weight is 393 g/mol. The number of carbonyl (C=O) groups is 1. The van der Waals surface area contributed by atoms with Crippen molar-refractivity contribution in [3.8, 4) is 0 Å². The van der Waals surface area contributed by atoms with Crippen molar-refractivity contribution in [2.24, 2.45) is 0 Å². The Morgan fingerprint density at radius 2 is 2.20 bits per heavy atom. The maximum atomic E-state index is 11.8. The molecule has 0 amide bonds. The number of rotatable bonds is 9. The monoisotopic (exact) mass is 393 g/mol. The van der Waals surface area contributed by atoms with Crippen molar-refractivity contribution in [3.63, 3.8) is 0 Å². The first-order chi connectivity index (χ1) is 9.65. The molecule has 0 saturated heterocycles. The quantitative estimate of drug-likeness (QED) is 0.301. The smallest absolute Gasteiger partial charge is 0.343 e. The van der Waals surface area contributed by atoms with E-state index in [1.54, 1.807) is 11.6 Å². The van der Waals surface area contributed by atoms with E-state index in [2.05, 4.69) is 34.6 Å². The molecule has 1 atom stereocenters. The molecular weight excluding hydrogens is 369 g/mol. The van der Waals surface area contributed by atoms with Gasteiger partial charge in [0.1, 0.15) is 11.4 Å². The highest BCUT2D eigenvalue weighted by atomic mass is 127. The third-order valence-corrected chi connectivity index (χ3v) is 3.88. The molecule has 6 heteroatoms. The molecule has 0 aromatic carbocycles. The van der Waals surface area contributed by atoms with E-state index in [9.17, 15) is 4.79 Å². The summed E-state index contributed by atoms with van der Waals surface area (Å²) in [6, 6.07) is 0.265. The fourth-order valence-corrected chi connectivity index (χ4v) is 2.89. The summed E-state index contributed by atoms with van der Waals surface area (Å²) >= 11 is 2.36. The Balaban J connectivity index is 2.83. The predicted octanol–water partition coefficient (Wildman–Crippen LogP) is 3.59. The predicted molar refractivity (Wildman–Crippen MR) is 89.3 cm³/mol. The Morgan fingerprint density at radius 3 is 2.80 bits per heavy atom. The van der Waals surface area contributed by atoms with Crippen molar-refractivity contribution >= 4 is 34.4 Å². The van der Waals surface area contributed by atoms with Gasteiger partial charge in [-0.2, -0.15) is 5.10 Å². The highest BCUT2D eigenvalue weighted by Crippen LogP contribution is 2.25. The number of nitrogen functional groups attached to an aromatic ring is 1. The van der Waals surface area contributed by atoms with Crippen LogP contribution < -0.4 is 5.73 Å². The van der Waals surface area contributed by atoms with Gasteiger partial charge in [-0.15, -0.1) is 0 Å². The summed E-state index contributed by atoms with van der Waals surface area (Å²) in [5.74, 6) is 0.0350. The number of ether oxygens (including phenoxy) is 1. The van der Waals surface area contributed by atoms with Gasteiger partial charge in [0.25, 0.3) is 0 Å². The zero-order valence-corrected chi connectivity index (χ0v) is 14.4. The minimum Gasteiger partial charge on any atom is -0.462 e. The molecule has 0 aliphatic heterocycles. The Kier molecular flexibility index (Phi) is 7.94. The first-order valence-corrected chi connectivity index (χ1v) is 8.74. The number of esters is 1. The highest BCUT2D eigenvalue weighted by Gasteiger charge is 2.20. The molecule has 2 N–H and O–H groups in total. The van der Waals surface area contributed by atoms with E-state index in [-0.39, 0.29) is 6.04 Å². The maximum Gasteiger partial charge on any atom is 0.343 e. The van der Waals surface area contributed by atoms with Crippen LogP contribution in [0.5, 0.6) is 0 Å². The van der Waals surface area contributed by atoms with Crippen molar-refractivity contribution in [1.82, 2.24) is 9.78 Å². The fourth-order valence-electron chi connectivity index (χ4n) is 2.17. The molecular formula is C14H24IN3O2. The van der Waals surface area contributed by atoms with E-state index in [1.807, 2.05) is 0 Å². The van der Waals surface area contributed by atoms with Crippen LogP contribution in [0.3, 0.4) is 0 Å². The first-order valence-electron chi connectivity index (χ1n) is 7.21. The molecule has 1 aromatic heterocycles. The second kappa shape index (κ2) is 9.20. The number of nitrogens with zero attached hydrogens (tertiary/aromatic N) is 2. The molecule has 0 bridgehead atoms. The third kappa shape index (κ3) is 4.64. The highest BCUT2D eigenvalue weighted by molar-refractivity contribution is 14.1. The van der Waals surface area contributed by atoms with Crippen LogP contribution >= 0.6 is 22.6 Å². The van der Waals surface area contributed by atoms with Gasteiger partial charge in [-0.25, -0.2) is 9.48 Å². The summed E-state index contributed by atoms with van der Waals surface area (Å²) in [5, 5.41) is 4.30. The van der Waals surface area contributed by atoms with Gasteiger partial charge in [-0.3, -0.25) is 0 Å². The molecule has 1 unspecified atom stereocenters. The van der Waals surface area contributed by atoms with Crippen molar-refractivity contribution in [2.45, 2.75) is 52.0 Å². The molecule has 0 fully saturated rings. The lowest BCUT2D eigenvalue weighted by molar-refractivity contribution is 0.0527. The molecule has 0 radical (unpaired) electrons. The van der Waals surface area contributed by atoms with Crippen molar-refractivity contribution in [2.75, 3.05) is 16.8 Å². The Hall–Kier alpha value is -0.790. The molecule has 20 heavy (non-hydrogen) atoms. The van der Waals surface area contributed by atoms with E-state index in [4.69, 9.17) is 10.5 Å². The average Bonchev–Trinajstić information content (AvgIpc) is 2.80. The number of aromatic nitrogens is 2. The molecule has 5 nitrogen and oxygen atoms in total. The normalized spacial score (nSPS) is 12.3. The second-order valence-electron chi connectivity index (χ2n) is 4.74. The van der Waals surface area contributed by atoms with E-state index < -0.39 is 5.97 Å². The number of halogens is 1. The molecule has 0 aliphatic rings. The summed E-state index contributed by atoms with van der Waals surface area (Å²) in [7, 11) is 0. The van der Waals surface area contributed by atoms with Crippen LogP contribution in [0.15, 0.2) is 6.20 Å². The summed E-state index contributed by atoms with van der Waals surface area (Å²) in [5.41, 5.74) is 6.44. The number of carbonyl (C=O) groups excluding carboxylic acids is 1. The number of hydrogen-bond donors (Lipinski definition) is 1. The minimum absolute atomic E-state index is 0.265. The number of nitrogens with two attached hydrogens (primary N) is 1. The van der Waals surface area contributed by atoms with Crippen LogP contribution in [0, 0.1) is 0 Å². The van der Waals surface area contributed by atoms with Crippen LogP contribution in [0.2, 0.25) is 0 Å². The summed E-state index contributed by atoms with van der Waals surface area (Å²) in [6.45, 7) is 4.31.